The van der Waals surface area contributed by atoms with Crippen LogP contribution in [0, 0.1) is 17.7 Å². The lowest BCUT2D eigenvalue weighted by Crippen LogP contribution is -2.31. The maximum absolute atomic E-state index is 14.5. The van der Waals surface area contributed by atoms with Gasteiger partial charge in [-0.15, -0.1) is 0 Å². The van der Waals surface area contributed by atoms with Gasteiger partial charge < -0.3 is 10.1 Å². The van der Waals surface area contributed by atoms with Gasteiger partial charge in [0.15, 0.2) is 11.6 Å². The molecule has 112 valence electrons. The highest BCUT2D eigenvalue weighted by Gasteiger charge is 2.29. The molecule has 3 heteroatoms. The Morgan fingerprint density at radius 2 is 2.00 bits per heavy atom. The molecule has 1 aliphatic carbocycles. The highest BCUT2D eigenvalue weighted by Crippen LogP contribution is 2.38. The first-order valence-corrected chi connectivity index (χ1v) is 7.73. The molecule has 1 N–H and O–H groups in total. The van der Waals surface area contributed by atoms with E-state index in [9.17, 15) is 4.39 Å². The third-order valence-electron chi connectivity index (χ3n) is 4.50. The average Bonchev–Trinajstić information content (AvgIpc) is 2.47. The summed E-state index contributed by atoms with van der Waals surface area (Å²) < 4.78 is 19.6. The summed E-state index contributed by atoms with van der Waals surface area (Å²) in [6.07, 6.45) is 4.85. The predicted molar refractivity (Wildman–Crippen MR) is 80.5 cm³/mol. The Morgan fingerprint density at radius 1 is 1.30 bits per heavy atom. The fourth-order valence-electron chi connectivity index (χ4n) is 3.30. The van der Waals surface area contributed by atoms with Gasteiger partial charge in [0.05, 0.1) is 7.11 Å². The van der Waals surface area contributed by atoms with Crippen LogP contribution in [0.5, 0.6) is 5.75 Å². The maximum Gasteiger partial charge on any atom is 0.169 e. The molecule has 1 saturated carbocycles. The third-order valence-corrected chi connectivity index (χ3v) is 4.50. The van der Waals surface area contributed by atoms with E-state index in [1.54, 1.807) is 6.07 Å². The quantitative estimate of drug-likeness (QED) is 0.867. The second kappa shape index (κ2) is 7.07. The van der Waals surface area contributed by atoms with E-state index in [0.717, 1.165) is 18.0 Å². The molecule has 2 nitrogen and oxygen atoms in total. The lowest BCUT2D eigenvalue weighted by molar-refractivity contribution is 0.229. The summed E-state index contributed by atoms with van der Waals surface area (Å²) in [4.78, 5) is 0. The van der Waals surface area contributed by atoms with Gasteiger partial charge in [-0.3, -0.25) is 0 Å². The van der Waals surface area contributed by atoms with Crippen LogP contribution in [0.15, 0.2) is 18.2 Å². The van der Waals surface area contributed by atoms with Gasteiger partial charge in [0, 0.05) is 11.6 Å². The van der Waals surface area contributed by atoms with Crippen LogP contribution in [-0.4, -0.2) is 13.7 Å². The van der Waals surface area contributed by atoms with E-state index >= 15 is 0 Å². The molecule has 1 aromatic carbocycles. The largest absolute Gasteiger partial charge is 0.494 e. The molecule has 0 radical (unpaired) electrons. The number of benzene rings is 1. The fourth-order valence-corrected chi connectivity index (χ4v) is 3.30. The molecule has 0 aliphatic heterocycles. The molecule has 0 spiro atoms. The van der Waals surface area contributed by atoms with Crippen molar-refractivity contribution in [3.63, 3.8) is 0 Å². The average molecular weight is 279 g/mol. The van der Waals surface area contributed by atoms with E-state index in [4.69, 9.17) is 4.74 Å². The van der Waals surface area contributed by atoms with E-state index in [0.29, 0.717) is 11.7 Å². The molecule has 1 aromatic rings. The monoisotopic (exact) mass is 279 g/mol. The molecule has 1 fully saturated rings. The molecular formula is C17H26FNO. The van der Waals surface area contributed by atoms with Crippen molar-refractivity contribution < 1.29 is 9.13 Å². The molecule has 1 aliphatic rings. The summed E-state index contributed by atoms with van der Waals surface area (Å²) in [5.74, 6) is 1.46. The molecule has 2 rings (SSSR count). The normalized spacial score (nSPS) is 24.4. The Kier molecular flexibility index (Phi) is 5.41. The Bertz CT molecular complexity index is 427. The molecule has 20 heavy (non-hydrogen) atoms. The molecule has 1 atom stereocenters. The fraction of sp³-hybridized carbons (Fsp3) is 0.647. The van der Waals surface area contributed by atoms with Crippen LogP contribution in [0.4, 0.5) is 4.39 Å². The Hall–Kier alpha value is -1.09. The number of hydrogen-bond donors (Lipinski definition) is 1. The Morgan fingerprint density at radius 3 is 2.60 bits per heavy atom. The zero-order valence-corrected chi connectivity index (χ0v) is 12.8. The molecule has 0 heterocycles. The first-order valence-electron chi connectivity index (χ1n) is 7.73. The molecule has 0 aromatic heterocycles. The van der Waals surface area contributed by atoms with Crippen LogP contribution in [0.3, 0.4) is 0 Å². The van der Waals surface area contributed by atoms with Gasteiger partial charge in [-0.1, -0.05) is 38.8 Å². The molecule has 1 unspecified atom stereocenters. The third kappa shape index (κ3) is 3.32. The van der Waals surface area contributed by atoms with Gasteiger partial charge in [-0.2, -0.15) is 0 Å². The van der Waals surface area contributed by atoms with Crippen molar-refractivity contribution in [3.8, 4) is 5.75 Å². The number of halogens is 1. The lowest BCUT2D eigenvalue weighted by Gasteiger charge is -2.33. The summed E-state index contributed by atoms with van der Waals surface area (Å²) in [5, 5.41) is 3.48. The standard InChI is InChI=1S/C17H26FNO/c1-4-19-17(13-10-8-12(2)9-11-13)14-6-5-7-15(20-3)16(14)18/h5-7,12-13,17,19H,4,8-11H2,1-3H3. The van der Waals surface area contributed by atoms with Crippen LogP contribution in [0.1, 0.15) is 51.1 Å². The second-order valence-corrected chi connectivity index (χ2v) is 5.92. The summed E-state index contributed by atoms with van der Waals surface area (Å²) in [6.45, 7) is 5.24. The molecule has 0 saturated heterocycles. The van der Waals surface area contributed by atoms with Gasteiger partial charge >= 0.3 is 0 Å². The Balaban J connectivity index is 2.24. The van der Waals surface area contributed by atoms with E-state index in [1.165, 1.54) is 32.8 Å². The van der Waals surface area contributed by atoms with Crippen LogP contribution >= 0.6 is 0 Å². The lowest BCUT2D eigenvalue weighted by atomic mass is 9.77. The zero-order valence-electron chi connectivity index (χ0n) is 12.8. The number of rotatable bonds is 5. The topological polar surface area (TPSA) is 21.3 Å². The van der Waals surface area contributed by atoms with Crippen molar-refractivity contribution in [1.82, 2.24) is 5.32 Å². The molecule has 0 amide bonds. The van der Waals surface area contributed by atoms with E-state index in [-0.39, 0.29) is 11.9 Å². The summed E-state index contributed by atoms with van der Waals surface area (Å²) in [7, 11) is 1.52. The zero-order chi connectivity index (χ0) is 14.5. The van der Waals surface area contributed by atoms with Crippen LogP contribution in [0.25, 0.3) is 0 Å². The number of methoxy groups -OCH3 is 1. The van der Waals surface area contributed by atoms with Crippen molar-refractivity contribution in [2.45, 2.75) is 45.6 Å². The molecular weight excluding hydrogens is 253 g/mol. The minimum atomic E-state index is -0.209. The van der Waals surface area contributed by atoms with Crippen molar-refractivity contribution in [2.24, 2.45) is 11.8 Å². The van der Waals surface area contributed by atoms with Crippen molar-refractivity contribution in [3.05, 3.63) is 29.6 Å². The van der Waals surface area contributed by atoms with E-state index < -0.39 is 0 Å². The van der Waals surface area contributed by atoms with Gasteiger partial charge in [-0.05, 0) is 37.3 Å². The number of hydrogen-bond acceptors (Lipinski definition) is 2. The minimum Gasteiger partial charge on any atom is -0.494 e. The van der Waals surface area contributed by atoms with Gasteiger partial charge in [0.2, 0.25) is 0 Å². The number of nitrogens with one attached hydrogen (secondary N) is 1. The van der Waals surface area contributed by atoms with Gasteiger partial charge in [-0.25, -0.2) is 4.39 Å². The van der Waals surface area contributed by atoms with Crippen LogP contribution in [0.2, 0.25) is 0 Å². The van der Waals surface area contributed by atoms with Gasteiger partial charge in [0.1, 0.15) is 0 Å². The highest BCUT2D eigenvalue weighted by atomic mass is 19.1. The van der Waals surface area contributed by atoms with Gasteiger partial charge in [0.25, 0.3) is 0 Å². The van der Waals surface area contributed by atoms with E-state index in [2.05, 4.69) is 19.2 Å². The highest BCUT2D eigenvalue weighted by molar-refractivity contribution is 5.33. The summed E-state index contributed by atoms with van der Waals surface area (Å²) in [6, 6.07) is 5.56. The number of ether oxygens (including phenoxy) is 1. The minimum absolute atomic E-state index is 0.0996. The molecule has 0 bridgehead atoms. The second-order valence-electron chi connectivity index (χ2n) is 5.92. The van der Waals surface area contributed by atoms with Crippen molar-refractivity contribution in [2.75, 3.05) is 13.7 Å². The van der Waals surface area contributed by atoms with Crippen molar-refractivity contribution in [1.29, 1.82) is 0 Å². The smallest absolute Gasteiger partial charge is 0.169 e. The predicted octanol–water partition coefficient (Wildman–Crippen LogP) is 4.31. The summed E-state index contributed by atoms with van der Waals surface area (Å²) in [5.41, 5.74) is 0.755. The SMILES string of the molecule is CCNC(c1cccc(OC)c1F)C1CCC(C)CC1. The Labute approximate surface area is 121 Å². The first kappa shape index (κ1) is 15.3. The van der Waals surface area contributed by atoms with Crippen LogP contribution in [-0.2, 0) is 0 Å². The van der Waals surface area contributed by atoms with Crippen molar-refractivity contribution >= 4 is 0 Å². The maximum atomic E-state index is 14.5. The first-order chi connectivity index (χ1) is 9.67. The summed E-state index contributed by atoms with van der Waals surface area (Å²) >= 11 is 0. The van der Waals surface area contributed by atoms with Crippen LogP contribution < -0.4 is 10.1 Å². The van der Waals surface area contributed by atoms with E-state index in [1.807, 2.05) is 12.1 Å².